The van der Waals surface area contributed by atoms with Crippen LogP contribution in [0.3, 0.4) is 0 Å². The molecule has 2 N–H and O–H groups in total. The minimum Gasteiger partial charge on any atom is -0.466 e. The third-order valence-electron chi connectivity index (χ3n) is 6.91. The van der Waals surface area contributed by atoms with E-state index in [1.165, 1.54) is 0 Å². The van der Waals surface area contributed by atoms with Crippen molar-refractivity contribution in [3.63, 3.8) is 0 Å². The zero-order valence-electron chi connectivity index (χ0n) is 17.9. The number of hydrogen-bond acceptors (Lipinski definition) is 6. The summed E-state index contributed by atoms with van der Waals surface area (Å²) in [6, 6.07) is -1.10. The van der Waals surface area contributed by atoms with Crippen LogP contribution in [0.25, 0.3) is 0 Å². The Kier molecular flexibility index (Phi) is 6.53. The van der Waals surface area contributed by atoms with Crippen LogP contribution >= 0.6 is 11.8 Å². The Morgan fingerprint density at radius 2 is 2.07 bits per heavy atom. The second-order valence-electron chi connectivity index (χ2n) is 8.61. The van der Waals surface area contributed by atoms with Crippen molar-refractivity contribution >= 4 is 29.5 Å². The lowest BCUT2D eigenvalue weighted by Gasteiger charge is -2.36. The fourth-order valence-electron chi connectivity index (χ4n) is 5.55. The van der Waals surface area contributed by atoms with E-state index in [9.17, 15) is 19.5 Å². The summed E-state index contributed by atoms with van der Waals surface area (Å²) in [5.74, 6) is -1.82. The molecule has 0 aliphatic carbocycles. The molecule has 2 unspecified atom stereocenters. The van der Waals surface area contributed by atoms with E-state index in [4.69, 9.17) is 4.74 Å². The predicted molar refractivity (Wildman–Crippen MR) is 111 cm³/mol. The van der Waals surface area contributed by atoms with E-state index < -0.39 is 33.4 Å². The number of nitrogens with zero attached hydrogens (tertiary/aromatic N) is 1. The van der Waals surface area contributed by atoms with Gasteiger partial charge in [0.2, 0.25) is 11.8 Å². The lowest BCUT2D eigenvalue weighted by atomic mass is 9.66. The van der Waals surface area contributed by atoms with Gasteiger partial charge in [0.1, 0.15) is 6.04 Å². The van der Waals surface area contributed by atoms with Gasteiger partial charge in [-0.3, -0.25) is 14.4 Å². The van der Waals surface area contributed by atoms with Crippen molar-refractivity contribution in [3.8, 4) is 0 Å². The lowest BCUT2D eigenvalue weighted by Crippen LogP contribution is -2.56. The smallest absolute Gasteiger partial charge is 0.311 e. The van der Waals surface area contributed by atoms with Crippen molar-refractivity contribution in [1.29, 1.82) is 0 Å². The largest absolute Gasteiger partial charge is 0.466 e. The highest BCUT2D eigenvalue weighted by atomic mass is 32.2. The molecule has 0 saturated carbocycles. The summed E-state index contributed by atoms with van der Waals surface area (Å²) in [6.45, 7) is 8.39. The normalized spacial score (nSPS) is 36.2. The van der Waals surface area contributed by atoms with E-state index in [-0.39, 0.29) is 31.0 Å². The summed E-state index contributed by atoms with van der Waals surface area (Å²) in [4.78, 5) is 41.4. The van der Waals surface area contributed by atoms with Crippen molar-refractivity contribution in [2.24, 2.45) is 11.8 Å². The number of esters is 1. The molecule has 1 spiro atoms. The van der Waals surface area contributed by atoms with Gasteiger partial charge in [-0.05, 0) is 39.5 Å². The number of aliphatic hydroxyl groups excluding tert-OH is 1. The van der Waals surface area contributed by atoms with Gasteiger partial charge in [0.25, 0.3) is 0 Å². The molecule has 3 saturated heterocycles. The first-order valence-corrected chi connectivity index (χ1v) is 11.7. The van der Waals surface area contributed by atoms with E-state index in [1.807, 2.05) is 13.8 Å². The Hall–Kier alpha value is -1.28. The van der Waals surface area contributed by atoms with E-state index in [1.54, 1.807) is 23.6 Å². The molecule has 3 fully saturated rings. The number of unbranched alkanes of at least 4 members (excludes halogenated alkanes) is 1. The second-order valence-corrected chi connectivity index (χ2v) is 10.5. The van der Waals surface area contributed by atoms with E-state index in [0.29, 0.717) is 19.4 Å². The SMILES string of the molecule is CCCCNC(=O)C1N([C@@H](CC)CO)C(=O)[C@@H]2[C@H](C(=O)OCC)[C@]3(C)CCC12S3. The number of likely N-dealkylation sites (tertiary alicyclic amines) is 1. The lowest BCUT2D eigenvalue weighted by molar-refractivity contribution is -0.155. The minimum absolute atomic E-state index is 0.164. The number of nitrogens with one attached hydrogen (secondary N) is 1. The molecule has 0 aromatic carbocycles. The van der Waals surface area contributed by atoms with E-state index in [2.05, 4.69) is 12.2 Å². The van der Waals surface area contributed by atoms with E-state index in [0.717, 1.165) is 19.3 Å². The molecule has 6 atom stereocenters. The van der Waals surface area contributed by atoms with Gasteiger partial charge in [-0.25, -0.2) is 0 Å². The highest BCUT2D eigenvalue weighted by Crippen LogP contribution is 2.71. The number of thioether (sulfide) groups is 1. The highest BCUT2D eigenvalue weighted by molar-refractivity contribution is 8.02. The van der Waals surface area contributed by atoms with Crippen molar-refractivity contribution in [2.45, 2.75) is 81.4 Å². The monoisotopic (exact) mass is 426 g/mol. The van der Waals surface area contributed by atoms with Crippen LogP contribution in [0.5, 0.6) is 0 Å². The number of carbonyl (C=O) groups is 3. The third-order valence-corrected chi connectivity index (χ3v) is 8.89. The number of aliphatic hydroxyl groups is 1. The molecule has 0 aromatic rings. The van der Waals surface area contributed by atoms with Gasteiger partial charge in [-0.1, -0.05) is 20.3 Å². The first-order valence-electron chi connectivity index (χ1n) is 10.9. The predicted octanol–water partition coefficient (Wildman–Crippen LogP) is 1.72. The molecule has 164 valence electrons. The Bertz CT molecular complexity index is 669. The molecule has 8 heteroatoms. The first-order chi connectivity index (χ1) is 13.8. The number of hydrogen-bond donors (Lipinski definition) is 2. The molecule has 0 aromatic heterocycles. The fraction of sp³-hybridized carbons (Fsp3) is 0.857. The van der Waals surface area contributed by atoms with Crippen molar-refractivity contribution in [2.75, 3.05) is 19.8 Å². The molecule has 3 aliphatic heterocycles. The van der Waals surface area contributed by atoms with Gasteiger partial charge in [0.15, 0.2) is 0 Å². The number of ether oxygens (including phenoxy) is 1. The highest BCUT2D eigenvalue weighted by Gasteiger charge is 2.77. The van der Waals surface area contributed by atoms with Crippen LogP contribution in [0.15, 0.2) is 0 Å². The maximum absolute atomic E-state index is 13.7. The zero-order chi connectivity index (χ0) is 21.4. The molecule has 3 heterocycles. The Labute approximate surface area is 177 Å². The van der Waals surface area contributed by atoms with Crippen LogP contribution < -0.4 is 5.32 Å². The Morgan fingerprint density at radius 1 is 1.34 bits per heavy atom. The Morgan fingerprint density at radius 3 is 2.66 bits per heavy atom. The summed E-state index contributed by atoms with van der Waals surface area (Å²) in [7, 11) is 0. The maximum Gasteiger partial charge on any atom is 0.311 e. The molecule has 3 aliphatic rings. The molecule has 7 nitrogen and oxygen atoms in total. The van der Waals surface area contributed by atoms with Gasteiger partial charge in [0.05, 0.1) is 35.8 Å². The molecule has 2 bridgehead atoms. The molecule has 3 rings (SSSR count). The van der Waals surface area contributed by atoms with Gasteiger partial charge < -0.3 is 20.1 Å². The third kappa shape index (κ3) is 3.36. The van der Waals surface area contributed by atoms with E-state index >= 15 is 0 Å². The van der Waals surface area contributed by atoms with Gasteiger partial charge in [-0.2, -0.15) is 0 Å². The summed E-state index contributed by atoms with van der Waals surface area (Å²) in [5, 5.41) is 12.9. The van der Waals surface area contributed by atoms with Crippen molar-refractivity contribution in [1.82, 2.24) is 10.2 Å². The summed E-state index contributed by atoms with van der Waals surface area (Å²) >= 11 is 1.63. The van der Waals surface area contributed by atoms with Gasteiger partial charge >= 0.3 is 5.97 Å². The summed E-state index contributed by atoms with van der Waals surface area (Å²) in [6.07, 6.45) is 3.87. The summed E-state index contributed by atoms with van der Waals surface area (Å²) < 4.78 is 4.31. The quantitative estimate of drug-likeness (QED) is 0.431. The second kappa shape index (κ2) is 8.46. The van der Waals surface area contributed by atoms with Crippen LogP contribution in [0.4, 0.5) is 0 Å². The topological polar surface area (TPSA) is 95.9 Å². The van der Waals surface area contributed by atoms with Crippen LogP contribution in [0.1, 0.15) is 59.8 Å². The molecule has 29 heavy (non-hydrogen) atoms. The van der Waals surface area contributed by atoms with Crippen LogP contribution in [0, 0.1) is 11.8 Å². The van der Waals surface area contributed by atoms with Crippen LogP contribution in [-0.4, -0.2) is 69.1 Å². The number of amides is 2. The van der Waals surface area contributed by atoms with Crippen LogP contribution in [0.2, 0.25) is 0 Å². The maximum atomic E-state index is 13.7. The number of carbonyl (C=O) groups excluding carboxylic acids is 3. The zero-order valence-corrected chi connectivity index (χ0v) is 18.7. The Balaban J connectivity index is 2.02. The average Bonchev–Trinajstić information content (AvgIpc) is 3.25. The minimum atomic E-state index is -0.666. The first kappa shape index (κ1) is 22.4. The fourth-order valence-corrected chi connectivity index (χ4v) is 7.88. The molecular weight excluding hydrogens is 392 g/mol. The van der Waals surface area contributed by atoms with Crippen LogP contribution in [-0.2, 0) is 19.1 Å². The molecular formula is C21H34N2O5S. The average molecular weight is 427 g/mol. The number of fused-ring (bicyclic) bond motifs is 1. The van der Waals surface area contributed by atoms with Gasteiger partial charge in [0, 0.05) is 11.3 Å². The molecule has 2 amide bonds. The number of rotatable bonds is 9. The molecule has 0 radical (unpaired) electrons. The van der Waals surface area contributed by atoms with Crippen molar-refractivity contribution in [3.05, 3.63) is 0 Å². The standard InChI is InChI=1S/C21H34N2O5S/c1-5-8-11-22-17(25)16-21-10-9-20(4,29-21)15(19(27)28-7-3)14(21)18(26)23(16)13(6-2)12-24/h13-16,24H,5-12H2,1-4H3,(H,22,25)/t13-,14-,15+,16?,20-,21?/m0/s1. The summed E-state index contributed by atoms with van der Waals surface area (Å²) in [5.41, 5.74) is 0. The van der Waals surface area contributed by atoms with Gasteiger partial charge in [-0.15, -0.1) is 11.8 Å². The van der Waals surface area contributed by atoms with Crippen molar-refractivity contribution < 1.29 is 24.2 Å².